The largest absolute Gasteiger partial charge is 0.506 e. The van der Waals surface area contributed by atoms with E-state index in [2.05, 4.69) is 47.2 Å². The standard InChI is InChI=1S/C16H17BrClNO/c1-16(2,12-4-6-13(17)7-5-12)19-10-11-3-8-15(20)14(18)9-11/h3-9,19-20H,10H2,1-2H3. The Labute approximate surface area is 132 Å². The Morgan fingerprint density at radius 1 is 1.15 bits per heavy atom. The summed E-state index contributed by atoms with van der Waals surface area (Å²) >= 11 is 9.36. The highest BCUT2D eigenvalue weighted by molar-refractivity contribution is 9.10. The highest BCUT2D eigenvalue weighted by Crippen LogP contribution is 2.25. The van der Waals surface area contributed by atoms with Crippen LogP contribution in [0.25, 0.3) is 0 Å². The zero-order valence-electron chi connectivity index (χ0n) is 11.5. The number of aromatic hydroxyl groups is 1. The van der Waals surface area contributed by atoms with Crippen LogP contribution in [0.1, 0.15) is 25.0 Å². The normalized spacial score (nSPS) is 11.6. The van der Waals surface area contributed by atoms with Crippen molar-refractivity contribution in [1.29, 1.82) is 0 Å². The summed E-state index contributed by atoms with van der Waals surface area (Å²) in [6, 6.07) is 13.5. The first kappa shape index (κ1) is 15.4. The van der Waals surface area contributed by atoms with Crippen molar-refractivity contribution in [2.75, 3.05) is 0 Å². The van der Waals surface area contributed by atoms with Crippen LogP contribution in [-0.2, 0) is 12.1 Å². The minimum Gasteiger partial charge on any atom is -0.506 e. The van der Waals surface area contributed by atoms with E-state index in [1.54, 1.807) is 12.1 Å². The summed E-state index contributed by atoms with van der Waals surface area (Å²) < 4.78 is 1.07. The van der Waals surface area contributed by atoms with Crippen LogP contribution in [0.5, 0.6) is 5.75 Å². The average Bonchev–Trinajstić information content (AvgIpc) is 2.41. The molecule has 0 spiro atoms. The molecule has 0 fully saturated rings. The molecule has 0 saturated heterocycles. The van der Waals surface area contributed by atoms with E-state index in [9.17, 15) is 5.11 Å². The van der Waals surface area contributed by atoms with Gasteiger partial charge in [-0.3, -0.25) is 0 Å². The van der Waals surface area contributed by atoms with Crippen molar-refractivity contribution in [3.63, 3.8) is 0 Å². The summed E-state index contributed by atoms with van der Waals surface area (Å²) in [6.07, 6.45) is 0. The summed E-state index contributed by atoms with van der Waals surface area (Å²) in [5.41, 5.74) is 2.11. The predicted molar refractivity (Wildman–Crippen MR) is 87.1 cm³/mol. The molecule has 0 bridgehead atoms. The Morgan fingerprint density at radius 2 is 1.80 bits per heavy atom. The van der Waals surface area contributed by atoms with Crippen molar-refractivity contribution in [3.8, 4) is 5.75 Å². The Kier molecular flexibility index (Phi) is 4.74. The van der Waals surface area contributed by atoms with Gasteiger partial charge in [-0.2, -0.15) is 0 Å². The second kappa shape index (κ2) is 6.17. The maximum Gasteiger partial charge on any atom is 0.134 e. The molecule has 0 aliphatic heterocycles. The first-order valence-corrected chi connectivity index (χ1v) is 7.54. The summed E-state index contributed by atoms with van der Waals surface area (Å²) in [4.78, 5) is 0. The molecule has 2 rings (SSSR count). The average molecular weight is 355 g/mol. The Hall–Kier alpha value is -1.03. The summed E-state index contributed by atoms with van der Waals surface area (Å²) in [7, 11) is 0. The lowest BCUT2D eigenvalue weighted by Crippen LogP contribution is -2.35. The van der Waals surface area contributed by atoms with Gasteiger partial charge in [0.25, 0.3) is 0 Å². The van der Waals surface area contributed by atoms with E-state index in [1.165, 1.54) is 5.56 Å². The summed E-state index contributed by atoms with van der Waals surface area (Å²) in [5.74, 6) is 0.114. The van der Waals surface area contributed by atoms with Gasteiger partial charge in [-0.1, -0.05) is 45.7 Å². The molecule has 0 aliphatic carbocycles. The first-order valence-electron chi connectivity index (χ1n) is 6.37. The van der Waals surface area contributed by atoms with Crippen LogP contribution < -0.4 is 5.32 Å². The third kappa shape index (κ3) is 3.75. The number of phenols is 1. The van der Waals surface area contributed by atoms with E-state index < -0.39 is 0 Å². The van der Waals surface area contributed by atoms with Crippen molar-refractivity contribution < 1.29 is 5.11 Å². The van der Waals surface area contributed by atoms with E-state index in [1.807, 2.05) is 18.2 Å². The molecular formula is C16H17BrClNO. The Morgan fingerprint density at radius 3 is 2.40 bits per heavy atom. The van der Waals surface area contributed by atoms with Crippen LogP contribution in [0.15, 0.2) is 46.9 Å². The number of hydrogen-bond acceptors (Lipinski definition) is 2. The van der Waals surface area contributed by atoms with Gasteiger partial charge in [0, 0.05) is 16.6 Å². The SMILES string of the molecule is CC(C)(NCc1ccc(O)c(Cl)c1)c1ccc(Br)cc1. The minimum atomic E-state index is -0.148. The molecule has 0 amide bonds. The number of benzene rings is 2. The monoisotopic (exact) mass is 353 g/mol. The molecule has 0 atom stereocenters. The topological polar surface area (TPSA) is 32.3 Å². The fourth-order valence-corrected chi connectivity index (χ4v) is 2.42. The van der Waals surface area contributed by atoms with Crippen LogP contribution in [0, 0.1) is 0 Å². The van der Waals surface area contributed by atoms with Crippen molar-refractivity contribution in [3.05, 3.63) is 63.1 Å². The van der Waals surface area contributed by atoms with Gasteiger partial charge in [0.15, 0.2) is 0 Å². The molecule has 0 unspecified atom stereocenters. The van der Waals surface area contributed by atoms with Gasteiger partial charge in [-0.05, 0) is 49.2 Å². The van der Waals surface area contributed by atoms with Crippen molar-refractivity contribution in [1.82, 2.24) is 5.32 Å². The van der Waals surface area contributed by atoms with Crippen molar-refractivity contribution >= 4 is 27.5 Å². The summed E-state index contributed by atoms with van der Waals surface area (Å²) in [6.45, 7) is 4.96. The van der Waals surface area contributed by atoms with Gasteiger partial charge < -0.3 is 10.4 Å². The lowest BCUT2D eigenvalue weighted by atomic mass is 9.94. The van der Waals surface area contributed by atoms with Crippen molar-refractivity contribution in [2.24, 2.45) is 0 Å². The molecule has 2 N–H and O–H groups in total. The number of hydrogen-bond donors (Lipinski definition) is 2. The highest BCUT2D eigenvalue weighted by atomic mass is 79.9. The third-order valence-corrected chi connectivity index (χ3v) is 4.14. The maximum absolute atomic E-state index is 9.42. The van der Waals surface area contributed by atoms with Crippen molar-refractivity contribution in [2.45, 2.75) is 25.9 Å². The zero-order valence-corrected chi connectivity index (χ0v) is 13.8. The van der Waals surface area contributed by atoms with Crippen LogP contribution in [-0.4, -0.2) is 5.11 Å². The fraction of sp³-hybridized carbons (Fsp3) is 0.250. The lowest BCUT2D eigenvalue weighted by Gasteiger charge is -2.27. The van der Waals surface area contributed by atoms with Crippen LogP contribution in [0.4, 0.5) is 0 Å². The predicted octanol–water partition coefficient (Wildman–Crippen LogP) is 4.83. The number of nitrogens with one attached hydrogen (secondary N) is 1. The molecule has 0 aromatic heterocycles. The molecule has 0 heterocycles. The molecule has 2 aromatic carbocycles. The first-order chi connectivity index (χ1) is 9.38. The molecule has 0 saturated carbocycles. The molecule has 106 valence electrons. The van der Waals surface area contributed by atoms with Crippen LogP contribution in [0.2, 0.25) is 5.02 Å². The Bertz CT molecular complexity index is 596. The van der Waals surface area contributed by atoms with E-state index in [0.29, 0.717) is 11.6 Å². The van der Waals surface area contributed by atoms with Crippen LogP contribution in [0.3, 0.4) is 0 Å². The van der Waals surface area contributed by atoms with Gasteiger partial charge >= 0.3 is 0 Å². The van der Waals surface area contributed by atoms with E-state index in [-0.39, 0.29) is 11.3 Å². The highest BCUT2D eigenvalue weighted by Gasteiger charge is 2.19. The van der Waals surface area contributed by atoms with Gasteiger partial charge in [0.05, 0.1) is 5.02 Å². The second-order valence-corrected chi connectivity index (χ2v) is 6.59. The molecular weight excluding hydrogens is 338 g/mol. The number of halogens is 2. The smallest absolute Gasteiger partial charge is 0.134 e. The lowest BCUT2D eigenvalue weighted by molar-refractivity contribution is 0.401. The number of rotatable bonds is 4. The zero-order chi connectivity index (χ0) is 14.8. The van der Waals surface area contributed by atoms with E-state index in [4.69, 9.17) is 11.6 Å². The molecule has 20 heavy (non-hydrogen) atoms. The van der Waals surface area contributed by atoms with Gasteiger partial charge in [0.1, 0.15) is 5.75 Å². The van der Waals surface area contributed by atoms with Crippen LogP contribution >= 0.6 is 27.5 Å². The molecule has 2 aromatic rings. The molecule has 0 radical (unpaired) electrons. The fourth-order valence-electron chi connectivity index (χ4n) is 1.95. The molecule has 0 aliphatic rings. The Balaban J connectivity index is 2.08. The van der Waals surface area contributed by atoms with Gasteiger partial charge in [0.2, 0.25) is 0 Å². The second-order valence-electron chi connectivity index (χ2n) is 5.27. The third-order valence-electron chi connectivity index (χ3n) is 3.31. The van der Waals surface area contributed by atoms with E-state index in [0.717, 1.165) is 10.0 Å². The minimum absolute atomic E-state index is 0.114. The molecule has 4 heteroatoms. The number of phenolic OH excluding ortho intramolecular Hbond substituents is 1. The quantitative estimate of drug-likeness (QED) is 0.824. The summed E-state index contributed by atoms with van der Waals surface area (Å²) in [5, 5.41) is 13.3. The van der Waals surface area contributed by atoms with Gasteiger partial charge in [-0.15, -0.1) is 0 Å². The molecule has 2 nitrogen and oxygen atoms in total. The maximum atomic E-state index is 9.42. The van der Waals surface area contributed by atoms with E-state index >= 15 is 0 Å². The van der Waals surface area contributed by atoms with Gasteiger partial charge in [-0.25, -0.2) is 0 Å².